The summed E-state index contributed by atoms with van der Waals surface area (Å²) in [7, 11) is 0. The van der Waals surface area contributed by atoms with E-state index in [9.17, 15) is 14.4 Å². The molecule has 1 aromatic rings. The van der Waals surface area contributed by atoms with Crippen molar-refractivity contribution in [2.75, 3.05) is 5.32 Å². The van der Waals surface area contributed by atoms with Crippen molar-refractivity contribution in [3.05, 3.63) is 28.2 Å². The zero-order valence-electron chi connectivity index (χ0n) is 10.1. The second-order valence-electron chi connectivity index (χ2n) is 4.23. The smallest absolute Gasteiger partial charge is 0.322 e. The van der Waals surface area contributed by atoms with Crippen LogP contribution in [0.25, 0.3) is 0 Å². The Kier molecular flexibility index (Phi) is 3.84. The second kappa shape index (κ2) is 5.40. The molecule has 100 valence electrons. The molecule has 19 heavy (non-hydrogen) atoms. The summed E-state index contributed by atoms with van der Waals surface area (Å²) in [4.78, 5) is 34.0. The fourth-order valence-corrected chi connectivity index (χ4v) is 2.23. The third-order valence-electron chi connectivity index (χ3n) is 2.71. The van der Waals surface area contributed by atoms with Gasteiger partial charge in [0.25, 0.3) is 5.91 Å². The summed E-state index contributed by atoms with van der Waals surface area (Å²) in [6, 6.07) is 4.09. The van der Waals surface area contributed by atoms with Gasteiger partial charge in [0.05, 0.1) is 6.42 Å². The van der Waals surface area contributed by atoms with Crippen molar-refractivity contribution in [1.29, 1.82) is 0 Å². The predicted octanol–water partition coefficient (Wildman–Crippen LogP) is 1.29. The number of halogens is 1. The maximum Gasteiger partial charge on any atom is 0.322 e. The standard InChI is InChI=1S/C12H12BrN3O3/c1-6-4-7(13)2-3-8(6)14-10(17)5-9-11(18)16-12(19)15-9/h2-4,9H,5H2,1H3,(H,14,17)(H2,15,16,18,19). The molecule has 1 fully saturated rings. The molecule has 0 aliphatic carbocycles. The Morgan fingerprint density at radius 2 is 2.16 bits per heavy atom. The third-order valence-corrected chi connectivity index (χ3v) is 3.20. The Hall–Kier alpha value is -1.89. The maximum absolute atomic E-state index is 11.8. The number of hydrogen-bond donors (Lipinski definition) is 3. The molecule has 0 bridgehead atoms. The molecule has 1 aliphatic rings. The van der Waals surface area contributed by atoms with Crippen molar-refractivity contribution in [2.45, 2.75) is 19.4 Å². The van der Waals surface area contributed by atoms with E-state index in [-0.39, 0.29) is 12.3 Å². The van der Waals surface area contributed by atoms with E-state index in [1.807, 2.05) is 19.1 Å². The largest absolute Gasteiger partial charge is 0.326 e. The molecule has 1 heterocycles. The zero-order valence-corrected chi connectivity index (χ0v) is 11.7. The predicted molar refractivity (Wildman–Crippen MR) is 72.6 cm³/mol. The van der Waals surface area contributed by atoms with Gasteiger partial charge in [-0.05, 0) is 30.7 Å². The van der Waals surface area contributed by atoms with Gasteiger partial charge in [0, 0.05) is 10.2 Å². The molecule has 0 radical (unpaired) electrons. The van der Waals surface area contributed by atoms with Crippen LogP contribution in [0.5, 0.6) is 0 Å². The highest BCUT2D eigenvalue weighted by Crippen LogP contribution is 2.20. The number of benzene rings is 1. The molecule has 3 N–H and O–H groups in total. The van der Waals surface area contributed by atoms with Crippen molar-refractivity contribution in [2.24, 2.45) is 0 Å². The third kappa shape index (κ3) is 3.31. The molecule has 2 rings (SSSR count). The molecule has 4 amide bonds. The SMILES string of the molecule is Cc1cc(Br)ccc1NC(=O)CC1NC(=O)NC1=O. The first-order chi connectivity index (χ1) is 8.95. The Morgan fingerprint density at radius 3 is 2.74 bits per heavy atom. The van der Waals surface area contributed by atoms with Crippen LogP contribution in [-0.4, -0.2) is 23.9 Å². The molecule has 0 spiro atoms. The van der Waals surface area contributed by atoms with Gasteiger partial charge in [0.1, 0.15) is 6.04 Å². The van der Waals surface area contributed by atoms with E-state index in [1.165, 1.54) is 0 Å². The molecule has 6 nitrogen and oxygen atoms in total. The highest BCUT2D eigenvalue weighted by atomic mass is 79.9. The number of rotatable bonds is 3. The molecule has 1 saturated heterocycles. The number of amides is 4. The fraction of sp³-hybridized carbons (Fsp3) is 0.250. The Bertz CT molecular complexity index is 559. The van der Waals surface area contributed by atoms with E-state index >= 15 is 0 Å². The van der Waals surface area contributed by atoms with E-state index in [2.05, 4.69) is 31.9 Å². The Labute approximate surface area is 118 Å². The molecule has 7 heteroatoms. The second-order valence-corrected chi connectivity index (χ2v) is 5.14. The van der Waals surface area contributed by atoms with Crippen molar-refractivity contribution < 1.29 is 14.4 Å². The topological polar surface area (TPSA) is 87.3 Å². The number of imide groups is 1. The summed E-state index contributed by atoms with van der Waals surface area (Å²) in [6.07, 6.45) is -0.0902. The summed E-state index contributed by atoms with van der Waals surface area (Å²) in [5, 5.41) is 7.16. The number of aryl methyl sites for hydroxylation is 1. The first-order valence-electron chi connectivity index (χ1n) is 5.63. The number of urea groups is 1. The number of carbonyl (C=O) groups is 3. The van der Waals surface area contributed by atoms with Crippen molar-refractivity contribution >= 4 is 39.5 Å². The first-order valence-corrected chi connectivity index (χ1v) is 6.42. The van der Waals surface area contributed by atoms with Crippen LogP contribution in [-0.2, 0) is 9.59 Å². The van der Waals surface area contributed by atoms with Crippen LogP contribution in [0.4, 0.5) is 10.5 Å². The van der Waals surface area contributed by atoms with Gasteiger partial charge in [-0.2, -0.15) is 0 Å². The number of carbonyl (C=O) groups excluding carboxylic acids is 3. The van der Waals surface area contributed by atoms with E-state index in [0.29, 0.717) is 5.69 Å². The minimum Gasteiger partial charge on any atom is -0.326 e. The molecule has 0 aromatic heterocycles. The average Bonchev–Trinajstić information content (AvgIpc) is 2.61. The Morgan fingerprint density at radius 1 is 1.42 bits per heavy atom. The summed E-state index contributed by atoms with van der Waals surface area (Å²) in [5.41, 5.74) is 1.58. The van der Waals surface area contributed by atoms with Crippen LogP contribution in [0, 0.1) is 6.92 Å². The van der Waals surface area contributed by atoms with Gasteiger partial charge in [0.2, 0.25) is 5.91 Å². The molecule has 0 saturated carbocycles. The summed E-state index contributed by atoms with van der Waals surface area (Å²) in [6.45, 7) is 1.87. The molecule has 1 atom stereocenters. The van der Waals surface area contributed by atoms with Gasteiger partial charge in [-0.3, -0.25) is 14.9 Å². The van der Waals surface area contributed by atoms with Crippen LogP contribution in [0.3, 0.4) is 0 Å². The van der Waals surface area contributed by atoms with Crippen LogP contribution >= 0.6 is 15.9 Å². The number of hydrogen-bond acceptors (Lipinski definition) is 3. The van der Waals surface area contributed by atoms with Gasteiger partial charge in [-0.1, -0.05) is 15.9 Å². The van der Waals surface area contributed by atoms with E-state index in [0.717, 1.165) is 10.0 Å². The van der Waals surface area contributed by atoms with Crippen molar-refractivity contribution in [3.8, 4) is 0 Å². The highest BCUT2D eigenvalue weighted by molar-refractivity contribution is 9.10. The summed E-state index contributed by atoms with van der Waals surface area (Å²) < 4.78 is 0.922. The van der Waals surface area contributed by atoms with Gasteiger partial charge < -0.3 is 10.6 Å². The monoisotopic (exact) mass is 325 g/mol. The maximum atomic E-state index is 11.8. The van der Waals surface area contributed by atoms with Crippen molar-refractivity contribution in [3.63, 3.8) is 0 Å². The minimum absolute atomic E-state index is 0.0902. The van der Waals surface area contributed by atoms with Gasteiger partial charge in [0.15, 0.2) is 0 Å². The molecule has 1 aromatic carbocycles. The Balaban J connectivity index is 1.98. The lowest BCUT2D eigenvalue weighted by atomic mass is 10.1. The zero-order chi connectivity index (χ0) is 14.0. The van der Waals surface area contributed by atoms with Gasteiger partial charge in [-0.25, -0.2) is 4.79 Å². The fourth-order valence-electron chi connectivity index (χ4n) is 1.76. The minimum atomic E-state index is -0.803. The van der Waals surface area contributed by atoms with Gasteiger partial charge in [-0.15, -0.1) is 0 Å². The van der Waals surface area contributed by atoms with E-state index < -0.39 is 18.0 Å². The highest BCUT2D eigenvalue weighted by Gasteiger charge is 2.31. The molecular weight excluding hydrogens is 314 g/mol. The lowest BCUT2D eigenvalue weighted by molar-refractivity contribution is -0.124. The molecular formula is C12H12BrN3O3. The lowest BCUT2D eigenvalue weighted by Gasteiger charge is -2.10. The van der Waals surface area contributed by atoms with Crippen LogP contribution in [0.1, 0.15) is 12.0 Å². The van der Waals surface area contributed by atoms with Crippen molar-refractivity contribution in [1.82, 2.24) is 10.6 Å². The first kappa shape index (κ1) is 13.5. The van der Waals surface area contributed by atoms with Crippen LogP contribution in [0.2, 0.25) is 0 Å². The molecule has 1 aliphatic heterocycles. The van der Waals surface area contributed by atoms with Crippen LogP contribution in [0.15, 0.2) is 22.7 Å². The quantitative estimate of drug-likeness (QED) is 0.732. The molecule has 1 unspecified atom stereocenters. The number of nitrogens with one attached hydrogen (secondary N) is 3. The summed E-state index contributed by atoms with van der Waals surface area (Å²) in [5.74, 6) is -0.805. The summed E-state index contributed by atoms with van der Waals surface area (Å²) >= 11 is 3.33. The van der Waals surface area contributed by atoms with E-state index in [4.69, 9.17) is 0 Å². The normalized spacial score (nSPS) is 17.9. The van der Waals surface area contributed by atoms with Crippen LogP contribution < -0.4 is 16.0 Å². The van der Waals surface area contributed by atoms with E-state index in [1.54, 1.807) is 6.07 Å². The van der Waals surface area contributed by atoms with Gasteiger partial charge >= 0.3 is 6.03 Å². The lowest BCUT2D eigenvalue weighted by Crippen LogP contribution is -2.33. The average molecular weight is 326 g/mol. The number of anilines is 1.